The topological polar surface area (TPSA) is 184 Å². The molecular formula is C23H34N4O8. The predicted molar refractivity (Wildman–Crippen MR) is 126 cm³/mol. The summed E-state index contributed by atoms with van der Waals surface area (Å²) in [6.45, 7) is 5.07. The zero-order valence-corrected chi connectivity index (χ0v) is 20.0. The van der Waals surface area contributed by atoms with Crippen LogP contribution in [0.2, 0.25) is 0 Å². The monoisotopic (exact) mass is 494 g/mol. The van der Waals surface area contributed by atoms with Crippen LogP contribution in [0.15, 0.2) is 30.6 Å². The average Bonchev–Trinajstić information content (AvgIpc) is 2.81. The lowest BCUT2D eigenvalue weighted by molar-refractivity contribution is -0.204. The van der Waals surface area contributed by atoms with Gasteiger partial charge in [0, 0.05) is 26.3 Å². The molecule has 1 aliphatic heterocycles. The van der Waals surface area contributed by atoms with Crippen molar-refractivity contribution in [3.05, 3.63) is 36.2 Å². The Hall–Kier alpha value is -3.35. The average molecular weight is 495 g/mol. The number of carbonyl (C=O) groups is 3. The number of anilines is 1. The highest BCUT2D eigenvalue weighted by molar-refractivity contribution is 5.96. The van der Waals surface area contributed by atoms with E-state index in [0.29, 0.717) is 30.8 Å². The van der Waals surface area contributed by atoms with Gasteiger partial charge in [-0.3, -0.25) is 9.59 Å². The standard InChI is InChI=1S/C23H34N4O8/c1-13(24)26-8-4-5-17(25)22(30)27-18-9-15(12-28)6-7-19(18)34-21-11-16(33-14(2)29)10-20(35-21)23(31)32-3/h6-7,9,16-17,20-21,26,28H,1,4-5,8,10-12,24-25H2,2-3H3,(H,27,30). The van der Waals surface area contributed by atoms with Gasteiger partial charge in [0.1, 0.15) is 11.9 Å². The smallest absolute Gasteiger partial charge is 0.335 e. The maximum Gasteiger partial charge on any atom is 0.335 e. The fourth-order valence-corrected chi connectivity index (χ4v) is 3.48. The molecule has 12 heteroatoms. The van der Waals surface area contributed by atoms with Crippen LogP contribution in [0, 0.1) is 0 Å². The van der Waals surface area contributed by atoms with Gasteiger partial charge in [-0.15, -0.1) is 0 Å². The number of carbonyl (C=O) groups excluding carboxylic acids is 3. The van der Waals surface area contributed by atoms with Crippen molar-refractivity contribution >= 4 is 23.5 Å². The minimum atomic E-state index is -0.996. The van der Waals surface area contributed by atoms with Crippen LogP contribution in [0.5, 0.6) is 5.75 Å². The number of methoxy groups -OCH3 is 1. The van der Waals surface area contributed by atoms with E-state index in [1.54, 1.807) is 18.2 Å². The minimum Gasteiger partial charge on any atom is -0.467 e. The first-order valence-electron chi connectivity index (χ1n) is 11.2. The van der Waals surface area contributed by atoms with E-state index in [-0.39, 0.29) is 30.9 Å². The number of nitrogens with one attached hydrogen (secondary N) is 2. The number of rotatable bonds is 12. The van der Waals surface area contributed by atoms with Crippen LogP contribution in [0.25, 0.3) is 0 Å². The van der Waals surface area contributed by atoms with Crippen molar-refractivity contribution in [1.29, 1.82) is 0 Å². The van der Waals surface area contributed by atoms with Crippen molar-refractivity contribution in [1.82, 2.24) is 5.32 Å². The molecule has 1 aliphatic rings. The summed E-state index contributed by atoms with van der Waals surface area (Å²) in [6.07, 6.45) is -1.34. The van der Waals surface area contributed by atoms with Gasteiger partial charge in [-0.2, -0.15) is 0 Å². The number of aliphatic hydroxyl groups is 1. The number of amides is 1. The molecule has 7 N–H and O–H groups in total. The Morgan fingerprint density at radius 2 is 2.06 bits per heavy atom. The first-order valence-corrected chi connectivity index (χ1v) is 11.2. The predicted octanol–water partition coefficient (Wildman–Crippen LogP) is 0.233. The van der Waals surface area contributed by atoms with E-state index < -0.39 is 42.4 Å². The molecule has 0 aliphatic carbocycles. The molecule has 4 atom stereocenters. The van der Waals surface area contributed by atoms with Crippen molar-refractivity contribution in [3.8, 4) is 5.75 Å². The normalized spacial score (nSPS) is 20.3. The van der Waals surface area contributed by atoms with Gasteiger partial charge in [0.05, 0.1) is 31.3 Å². The largest absolute Gasteiger partial charge is 0.467 e. The molecule has 194 valence electrons. The highest BCUT2D eigenvalue weighted by atomic mass is 16.7. The molecule has 0 radical (unpaired) electrons. The van der Waals surface area contributed by atoms with Gasteiger partial charge in [0.2, 0.25) is 12.2 Å². The van der Waals surface area contributed by atoms with E-state index in [4.69, 9.17) is 30.4 Å². The summed E-state index contributed by atoms with van der Waals surface area (Å²) in [5, 5.41) is 15.1. The summed E-state index contributed by atoms with van der Waals surface area (Å²) >= 11 is 0. The van der Waals surface area contributed by atoms with Crippen LogP contribution in [0.4, 0.5) is 5.69 Å². The second kappa shape index (κ2) is 13.5. The van der Waals surface area contributed by atoms with E-state index in [9.17, 15) is 19.5 Å². The fraction of sp³-hybridized carbons (Fsp3) is 0.522. The van der Waals surface area contributed by atoms with Crippen LogP contribution < -0.4 is 26.8 Å². The lowest BCUT2D eigenvalue weighted by Crippen LogP contribution is -2.44. The van der Waals surface area contributed by atoms with E-state index >= 15 is 0 Å². The number of benzene rings is 1. The lowest BCUT2D eigenvalue weighted by Gasteiger charge is -2.33. The molecule has 1 saturated heterocycles. The molecule has 1 fully saturated rings. The third kappa shape index (κ3) is 9.08. The zero-order chi connectivity index (χ0) is 26.0. The number of nitrogens with two attached hydrogens (primary N) is 2. The number of hydrogen-bond acceptors (Lipinski definition) is 11. The number of esters is 2. The maximum absolute atomic E-state index is 12.7. The fourth-order valence-electron chi connectivity index (χ4n) is 3.48. The molecular weight excluding hydrogens is 460 g/mol. The Morgan fingerprint density at radius 3 is 2.69 bits per heavy atom. The number of aliphatic hydroxyl groups excluding tert-OH is 1. The SMILES string of the molecule is C=C(N)NCCCC(N)C(=O)Nc1cc(CO)ccc1OC1CC(OC(C)=O)CC(C(=O)OC)O1. The highest BCUT2D eigenvalue weighted by Gasteiger charge is 2.37. The lowest BCUT2D eigenvalue weighted by atomic mass is 10.0. The van der Waals surface area contributed by atoms with E-state index in [1.165, 1.54) is 14.0 Å². The third-order valence-corrected chi connectivity index (χ3v) is 5.17. The van der Waals surface area contributed by atoms with Crippen molar-refractivity contribution < 1.29 is 38.4 Å². The Morgan fingerprint density at radius 1 is 1.31 bits per heavy atom. The Kier molecular flexibility index (Phi) is 10.8. The summed E-state index contributed by atoms with van der Waals surface area (Å²) in [5.74, 6) is -1.02. The number of ether oxygens (including phenoxy) is 4. The highest BCUT2D eigenvalue weighted by Crippen LogP contribution is 2.31. The molecule has 4 unspecified atom stereocenters. The molecule has 0 bridgehead atoms. The molecule has 35 heavy (non-hydrogen) atoms. The van der Waals surface area contributed by atoms with Crippen LogP contribution in [-0.2, 0) is 35.2 Å². The van der Waals surface area contributed by atoms with Gasteiger partial charge in [-0.25, -0.2) is 4.79 Å². The Balaban J connectivity index is 2.13. The number of hydrogen-bond donors (Lipinski definition) is 5. The summed E-state index contributed by atoms with van der Waals surface area (Å²) in [5.41, 5.74) is 12.2. The van der Waals surface area contributed by atoms with Crippen molar-refractivity contribution in [3.63, 3.8) is 0 Å². The van der Waals surface area contributed by atoms with Crippen LogP contribution in [0.3, 0.4) is 0 Å². The second-order valence-electron chi connectivity index (χ2n) is 8.08. The minimum absolute atomic E-state index is 0.125. The van der Waals surface area contributed by atoms with Crippen LogP contribution in [0.1, 0.15) is 38.2 Å². The Bertz CT molecular complexity index is 910. The summed E-state index contributed by atoms with van der Waals surface area (Å²) in [4.78, 5) is 36.2. The van der Waals surface area contributed by atoms with E-state index in [2.05, 4.69) is 17.2 Å². The first-order chi connectivity index (χ1) is 16.6. The third-order valence-electron chi connectivity index (χ3n) is 5.17. The molecule has 1 amide bonds. The molecule has 1 aromatic rings. The van der Waals surface area contributed by atoms with Crippen molar-refractivity contribution in [2.45, 2.75) is 63.8 Å². The van der Waals surface area contributed by atoms with Crippen molar-refractivity contribution in [2.75, 3.05) is 19.0 Å². The molecule has 0 saturated carbocycles. The zero-order valence-electron chi connectivity index (χ0n) is 20.0. The molecule has 0 aromatic heterocycles. The second-order valence-corrected chi connectivity index (χ2v) is 8.08. The van der Waals surface area contributed by atoms with Gasteiger partial charge in [-0.05, 0) is 30.5 Å². The van der Waals surface area contributed by atoms with E-state index in [1.807, 2.05) is 0 Å². The summed E-state index contributed by atoms with van der Waals surface area (Å²) in [7, 11) is 1.23. The summed E-state index contributed by atoms with van der Waals surface area (Å²) in [6, 6.07) is 3.90. The van der Waals surface area contributed by atoms with Gasteiger partial charge >= 0.3 is 11.9 Å². The van der Waals surface area contributed by atoms with Gasteiger partial charge in [0.15, 0.2) is 6.10 Å². The van der Waals surface area contributed by atoms with Gasteiger partial charge < -0.3 is 46.2 Å². The summed E-state index contributed by atoms with van der Waals surface area (Å²) < 4.78 is 21.7. The molecule has 2 rings (SSSR count). The Labute approximate surface area is 203 Å². The maximum atomic E-state index is 12.7. The molecule has 1 aromatic carbocycles. The molecule has 12 nitrogen and oxygen atoms in total. The van der Waals surface area contributed by atoms with Crippen LogP contribution in [-0.4, -0.2) is 61.1 Å². The molecule has 1 heterocycles. The van der Waals surface area contributed by atoms with Gasteiger partial charge in [0.25, 0.3) is 0 Å². The van der Waals surface area contributed by atoms with Crippen LogP contribution >= 0.6 is 0 Å². The van der Waals surface area contributed by atoms with Crippen molar-refractivity contribution in [2.24, 2.45) is 11.5 Å². The van der Waals surface area contributed by atoms with E-state index in [0.717, 1.165) is 0 Å². The quantitative estimate of drug-likeness (QED) is 0.198. The van der Waals surface area contributed by atoms with Gasteiger partial charge in [-0.1, -0.05) is 12.6 Å². The first kappa shape index (κ1) is 27.9. The molecule has 0 spiro atoms.